The molecule has 25 heavy (non-hydrogen) atoms. The van der Waals surface area contributed by atoms with E-state index in [0.717, 1.165) is 12.0 Å². The zero-order chi connectivity index (χ0) is 19.0. The van der Waals surface area contributed by atoms with Crippen LogP contribution in [0.1, 0.15) is 32.3 Å². The zero-order valence-corrected chi connectivity index (χ0v) is 16.3. The number of hydrogen-bond donors (Lipinski definition) is 1. The van der Waals surface area contributed by atoms with Crippen molar-refractivity contribution in [3.05, 3.63) is 17.7 Å². The zero-order valence-electron chi connectivity index (χ0n) is 16.3. The summed E-state index contributed by atoms with van der Waals surface area (Å²) in [5.74, 6) is 2.27. The van der Waals surface area contributed by atoms with Crippen LogP contribution in [0.4, 0.5) is 0 Å². The molecule has 0 spiro atoms. The Bertz CT molecular complexity index is 561. The maximum absolute atomic E-state index is 12.4. The fourth-order valence-electron chi connectivity index (χ4n) is 2.59. The first kappa shape index (κ1) is 21.1. The fraction of sp³-hybridized carbons (Fsp3) is 0.632. The van der Waals surface area contributed by atoms with E-state index in [4.69, 9.17) is 19.9 Å². The SMILES string of the molecule is COc1ccc(CCC(=O)N(C)CCC(N)C(C)C)c(OC)c1OC. The molecule has 142 valence electrons. The van der Waals surface area contributed by atoms with Crippen LogP contribution < -0.4 is 19.9 Å². The highest BCUT2D eigenvalue weighted by molar-refractivity contribution is 5.76. The van der Waals surface area contributed by atoms with E-state index in [1.165, 1.54) is 0 Å². The number of aryl methyl sites for hydroxylation is 1. The maximum atomic E-state index is 12.4. The largest absolute Gasteiger partial charge is 0.493 e. The molecule has 1 amide bonds. The second-order valence-electron chi connectivity index (χ2n) is 6.51. The molecule has 0 radical (unpaired) electrons. The van der Waals surface area contributed by atoms with Crippen molar-refractivity contribution >= 4 is 5.91 Å². The van der Waals surface area contributed by atoms with E-state index in [-0.39, 0.29) is 11.9 Å². The predicted molar refractivity (Wildman–Crippen MR) is 99.5 cm³/mol. The lowest BCUT2D eigenvalue weighted by atomic mass is 10.0. The smallest absolute Gasteiger partial charge is 0.222 e. The summed E-state index contributed by atoms with van der Waals surface area (Å²) >= 11 is 0. The number of nitrogens with zero attached hydrogens (tertiary/aromatic N) is 1. The number of ether oxygens (including phenoxy) is 3. The lowest BCUT2D eigenvalue weighted by Gasteiger charge is -2.22. The number of hydrogen-bond acceptors (Lipinski definition) is 5. The Kier molecular flexibility index (Phi) is 8.55. The van der Waals surface area contributed by atoms with Gasteiger partial charge in [0, 0.05) is 26.1 Å². The molecule has 0 fully saturated rings. The van der Waals surface area contributed by atoms with Crippen molar-refractivity contribution in [2.24, 2.45) is 11.7 Å². The minimum Gasteiger partial charge on any atom is -0.493 e. The average Bonchev–Trinajstić information content (AvgIpc) is 2.62. The molecule has 1 atom stereocenters. The topological polar surface area (TPSA) is 74.0 Å². The molecule has 6 heteroatoms. The number of methoxy groups -OCH3 is 3. The van der Waals surface area contributed by atoms with Crippen molar-refractivity contribution in [3.8, 4) is 17.2 Å². The molecule has 2 N–H and O–H groups in total. The van der Waals surface area contributed by atoms with Gasteiger partial charge in [0.15, 0.2) is 11.5 Å². The van der Waals surface area contributed by atoms with Crippen molar-refractivity contribution in [3.63, 3.8) is 0 Å². The second kappa shape index (κ2) is 10.1. The molecule has 0 heterocycles. The van der Waals surface area contributed by atoms with E-state index in [9.17, 15) is 4.79 Å². The third-order valence-corrected chi connectivity index (χ3v) is 4.47. The van der Waals surface area contributed by atoms with Gasteiger partial charge in [-0.2, -0.15) is 0 Å². The molecule has 0 saturated carbocycles. The Morgan fingerprint density at radius 3 is 2.28 bits per heavy atom. The van der Waals surface area contributed by atoms with Crippen molar-refractivity contribution in [2.75, 3.05) is 34.9 Å². The van der Waals surface area contributed by atoms with Gasteiger partial charge in [-0.25, -0.2) is 0 Å². The van der Waals surface area contributed by atoms with E-state index < -0.39 is 0 Å². The number of benzene rings is 1. The summed E-state index contributed by atoms with van der Waals surface area (Å²) in [6.45, 7) is 4.85. The van der Waals surface area contributed by atoms with Crippen LogP contribution in [0.15, 0.2) is 12.1 Å². The molecule has 0 aliphatic rings. The molecule has 6 nitrogen and oxygen atoms in total. The lowest BCUT2D eigenvalue weighted by molar-refractivity contribution is -0.129. The third-order valence-electron chi connectivity index (χ3n) is 4.47. The fourth-order valence-corrected chi connectivity index (χ4v) is 2.59. The van der Waals surface area contributed by atoms with Gasteiger partial charge in [0.25, 0.3) is 0 Å². The van der Waals surface area contributed by atoms with Gasteiger partial charge in [-0.1, -0.05) is 19.9 Å². The summed E-state index contributed by atoms with van der Waals surface area (Å²) in [7, 11) is 6.56. The van der Waals surface area contributed by atoms with Crippen molar-refractivity contribution < 1.29 is 19.0 Å². The highest BCUT2D eigenvalue weighted by Crippen LogP contribution is 2.40. The van der Waals surface area contributed by atoms with Gasteiger partial charge >= 0.3 is 0 Å². The molecule has 1 aromatic rings. The first-order chi connectivity index (χ1) is 11.8. The highest BCUT2D eigenvalue weighted by Gasteiger charge is 2.18. The van der Waals surface area contributed by atoms with Gasteiger partial charge in [-0.3, -0.25) is 4.79 Å². The van der Waals surface area contributed by atoms with E-state index in [2.05, 4.69) is 13.8 Å². The quantitative estimate of drug-likeness (QED) is 0.700. The standard InChI is InChI=1S/C19H32N2O4/c1-13(2)15(20)11-12-21(3)17(22)10-8-14-7-9-16(23-4)19(25-6)18(14)24-5/h7,9,13,15H,8,10-12,20H2,1-6H3. The van der Waals surface area contributed by atoms with Gasteiger partial charge in [0.2, 0.25) is 11.7 Å². The van der Waals surface area contributed by atoms with E-state index in [1.54, 1.807) is 26.2 Å². The molecule has 0 aliphatic carbocycles. The van der Waals surface area contributed by atoms with Crippen LogP contribution in [0.5, 0.6) is 17.2 Å². The molecular weight excluding hydrogens is 320 g/mol. The molecule has 0 saturated heterocycles. The molecule has 0 bridgehead atoms. The Hall–Kier alpha value is -1.95. The Labute approximate surface area is 151 Å². The number of carbonyl (C=O) groups excluding carboxylic acids is 1. The highest BCUT2D eigenvalue weighted by atomic mass is 16.5. The first-order valence-corrected chi connectivity index (χ1v) is 8.63. The predicted octanol–water partition coefficient (Wildman–Crippen LogP) is 2.48. The first-order valence-electron chi connectivity index (χ1n) is 8.63. The third kappa shape index (κ3) is 5.81. The minimum absolute atomic E-state index is 0.0906. The second-order valence-corrected chi connectivity index (χ2v) is 6.51. The number of rotatable bonds is 10. The summed E-state index contributed by atoms with van der Waals surface area (Å²) in [4.78, 5) is 14.1. The number of nitrogens with two attached hydrogens (primary N) is 1. The summed E-state index contributed by atoms with van der Waals surface area (Å²) < 4.78 is 16.1. The van der Waals surface area contributed by atoms with Crippen LogP contribution in [-0.4, -0.2) is 51.8 Å². The molecule has 0 aliphatic heterocycles. The lowest BCUT2D eigenvalue weighted by Crippen LogP contribution is -2.34. The van der Waals surface area contributed by atoms with E-state index in [1.807, 2.05) is 19.2 Å². The normalized spacial score (nSPS) is 12.0. The van der Waals surface area contributed by atoms with Crippen molar-refractivity contribution in [2.45, 2.75) is 39.2 Å². The van der Waals surface area contributed by atoms with Crippen LogP contribution in [0.25, 0.3) is 0 Å². The Morgan fingerprint density at radius 2 is 1.76 bits per heavy atom. The van der Waals surface area contributed by atoms with Crippen molar-refractivity contribution in [1.82, 2.24) is 4.90 Å². The minimum atomic E-state index is 0.0906. The van der Waals surface area contributed by atoms with Gasteiger partial charge in [-0.15, -0.1) is 0 Å². The number of carbonyl (C=O) groups is 1. The van der Waals surface area contributed by atoms with Crippen LogP contribution >= 0.6 is 0 Å². The molecule has 1 aromatic carbocycles. The van der Waals surface area contributed by atoms with Gasteiger partial charge in [0.05, 0.1) is 21.3 Å². The van der Waals surface area contributed by atoms with Crippen LogP contribution in [0.2, 0.25) is 0 Å². The molecule has 1 rings (SSSR count). The van der Waals surface area contributed by atoms with Crippen molar-refractivity contribution in [1.29, 1.82) is 0 Å². The number of amides is 1. The summed E-state index contributed by atoms with van der Waals surface area (Å²) in [6, 6.07) is 3.84. The van der Waals surface area contributed by atoms with Crippen LogP contribution in [0.3, 0.4) is 0 Å². The average molecular weight is 352 g/mol. The van der Waals surface area contributed by atoms with Gasteiger partial charge in [0.1, 0.15) is 0 Å². The van der Waals surface area contributed by atoms with E-state index >= 15 is 0 Å². The van der Waals surface area contributed by atoms with Gasteiger partial charge < -0.3 is 24.8 Å². The monoisotopic (exact) mass is 352 g/mol. The maximum Gasteiger partial charge on any atom is 0.222 e. The molecule has 1 unspecified atom stereocenters. The van der Waals surface area contributed by atoms with Crippen LogP contribution in [0, 0.1) is 5.92 Å². The Morgan fingerprint density at radius 1 is 1.12 bits per heavy atom. The summed E-state index contributed by atoms with van der Waals surface area (Å²) in [6.07, 6.45) is 1.78. The van der Waals surface area contributed by atoms with Gasteiger partial charge in [-0.05, 0) is 30.4 Å². The Balaban J connectivity index is 2.69. The van der Waals surface area contributed by atoms with Crippen LogP contribution in [-0.2, 0) is 11.2 Å². The molecule has 0 aromatic heterocycles. The summed E-state index contributed by atoms with van der Waals surface area (Å²) in [5.41, 5.74) is 6.96. The summed E-state index contributed by atoms with van der Waals surface area (Å²) in [5, 5.41) is 0. The molecular formula is C19H32N2O4. The van der Waals surface area contributed by atoms with E-state index in [0.29, 0.717) is 42.6 Å².